The molecule has 0 aromatic rings. The van der Waals surface area contributed by atoms with Crippen LogP contribution < -0.4 is 5.32 Å². The van der Waals surface area contributed by atoms with Gasteiger partial charge in [-0.1, -0.05) is 45.4 Å². The maximum atomic E-state index is 4.68. The summed E-state index contributed by atoms with van der Waals surface area (Å²) < 4.78 is 0. The summed E-state index contributed by atoms with van der Waals surface area (Å²) in [6, 6.07) is 0. The fourth-order valence-electron chi connectivity index (χ4n) is 1.59. The molecule has 2 nitrogen and oxygen atoms in total. The first kappa shape index (κ1) is 12.9. The van der Waals surface area contributed by atoms with Crippen LogP contribution in [0, 0.1) is 5.92 Å². The predicted molar refractivity (Wildman–Crippen MR) is 70.7 cm³/mol. The third kappa shape index (κ3) is 3.71. The molecule has 1 heterocycles. The minimum atomic E-state index is 0.275. The van der Waals surface area contributed by atoms with Crippen LogP contribution >= 0.6 is 11.8 Å². The van der Waals surface area contributed by atoms with Crippen molar-refractivity contribution in [2.45, 2.75) is 52.5 Å². The fourth-order valence-corrected chi connectivity index (χ4v) is 2.81. The van der Waals surface area contributed by atoms with E-state index in [1.54, 1.807) is 0 Å². The summed E-state index contributed by atoms with van der Waals surface area (Å²) in [7, 11) is 0. The number of thioether (sulfide) groups is 1. The number of nitrogens with one attached hydrogen (secondary N) is 1. The third-order valence-electron chi connectivity index (χ3n) is 3.36. The normalized spacial score (nSPS) is 28.7. The molecule has 0 bridgehead atoms. The molecular formula is C12H24N2S. The standard InChI is InChI=1S/C12H24N2S/c1-5-10(6-2)8-13-11-14-12(4,7-3)9-15-11/h10H,5-9H2,1-4H3,(H,13,14). The van der Waals surface area contributed by atoms with Crippen molar-refractivity contribution in [2.24, 2.45) is 10.9 Å². The van der Waals surface area contributed by atoms with E-state index in [0.717, 1.165) is 23.4 Å². The Labute approximate surface area is 98.3 Å². The van der Waals surface area contributed by atoms with Crippen molar-refractivity contribution in [3.8, 4) is 0 Å². The first-order valence-corrected chi connectivity index (χ1v) is 7.07. The Morgan fingerprint density at radius 1 is 1.40 bits per heavy atom. The number of rotatable bonds is 5. The molecule has 1 atom stereocenters. The van der Waals surface area contributed by atoms with Gasteiger partial charge in [-0.05, 0) is 19.3 Å². The molecule has 0 amide bonds. The Hall–Kier alpha value is -0.180. The Balaban J connectivity index is 2.42. The SMILES string of the molecule is CCC(CC)CN=C1NC(C)(CC)CS1. The van der Waals surface area contributed by atoms with Crippen LogP contribution in [0.15, 0.2) is 4.99 Å². The van der Waals surface area contributed by atoms with Crippen molar-refractivity contribution < 1.29 is 0 Å². The molecule has 0 aromatic heterocycles. The van der Waals surface area contributed by atoms with Crippen LogP contribution in [0.25, 0.3) is 0 Å². The van der Waals surface area contributed by atoms with E-state index in [2.05, 4.69) is 38.0 Å². The number of nitrogens with zero attached hydrogens (tertiary/aromatic N) is 1. The van der Waals surface area contributed by atoms with Gasteiger partial charge in [-0.2, -0.15) is 0 Å². The predicted octanol–water partition coefficient (Wildman–Crippen LogP) is 3.28. The molecule has 1 aliphatic rings. The van der Waals surface area contributed by atoms with Crippen LogP contribution in [0.5, 0.6) is 0 Å². The molecule has 1 fully saturated rings. The largest absolute Gasteiger partial charge is 0.359 e. The summed E-state index contributed by atoms with van der Waals surface area (Å²) in [6.45, 7) is 10.00. The van der Waals surface area contributed by atoms with Gasteiger partial charge in [0.15, 0.2) is 5.17 Å². The maximum Gasteiger partial charge on any atom is 0.157 e. The van der Waals surface area contributed by atoms with Crippen molar-refractivity contribution in [3.63, 3.8) is 0 Å². The lowest BCUT2D eigenvalue weighted by atomic mass is 10.0. The first-order chi connectivity index (χ1) is 7.13. The van der Waals surface area contributed by atoms with E-state index < -0.39 is 0 Å². The van der Waals surface area contributed by atoms with Crippen molar-refractivity contribution in [3.05, 3.63) is 0 Å². The van der Waals surface area contributed by atoms with Crippen molar-refractivity contribution in [1.82, 2.24) is 5.32 Å². The van der Waals surface area contributed by atoms with E-state index >= 15 is 0 Å². The van der Waals surface area contributed by atoms with Crippen LogP contribution in [0.4, 0.5) is 0 Å². The van der Waals surface area contributed by atoms with E-state index in [4.69, 9.17) is 0 Å². The Bertz CT molecular complexity index is 224. The minimum absolute atomic E-state index is 0.275. The van der Waals surface area contributed by atoms with Gasteiger partial charge in [-0.15, -0.1) is 0 Å². The molecule has 1 unspecified atom stereocenters. The van der Waals surface area contributed by atoms with Gasteiger partial charge in [0, 0.05) is 17.8 Å². The van der Waals surface area contributed by atoms with Gasteiger partial charge in [-0.25, -0.2) is 0 Å². The average Bonchev–Trinajstić information content (AvgIpc) is 2.63. The lowest BCUT2D eigenvalue weighted by Gasteiger charge is -2.21. The second-order valence-corrected chi connectivity index (χ2v) is 5.62. The Morgan fingerprint density at radius 3 is 2.53 bits per heavy atom. The monoisotopic (exact) mass is 228 g/mol. The molecule has 88 valence electrons. The summed E-state index contributed by atoms with van der Waals surface area (Å²) in [5, 5.41) is 4.69. The van der Waals surface area contributed by atoms with Gasteiger partial charge in [0.25, 0.3) is 0 Å². The molecule has 1 aliphatic heterocycles. The minimum Gasteiger partial charge on any atom is -0.359 e. The zero-order valence-electron chi connectivity index (χ0n) is 10.5. The number of aliphatic imine (C=N–C) groups is 1. The van der Waals surface area contributed by atoms with Crippen molar-refractivity contribution >= 4 is 16.9 Å². The number of hydrogen-bond donors (Lipinski definition) is 1. The highest BCUT2D eigenvalue weighted by atomic mass is 32.2. The molecule has 0 saturated carbocycles. The van der Waals surface area contributed by atoms with Crippen molar-refractivity contribution in [2.75, 3.05) is 12.3 Å². The third-order valence-corrected chi connectivity index (χ3v) is 4.65. The summed E-state index contributed by atoms with van der Waals surface area (Å²) in [5.74, 6) is 1.92. The van der Waals surface area contributed by atoms with Gasteiger partial charge < -0.3 is 5.32 Å². The van der Waals surface area contributed by atoms with Crippen LogP contribution in [-0.4, -0.2) is 23.0 Å². The van der Waals surface area contributed by atoms with Crippen LogP contribution in [0.2, 0.25) is 0 Å². The highest BCUT2D eigenvalue weighted by Crippen LogP contribution is 2.25. The van der Waals surface area contributed by atoms with Crippen molar-refractivity contribution in [1.29, 1.82) is 0 Å². The molecule has 1 rings (SSSR count). The van der Waals surface area contributed by atoms with E-state index in [9.17, 15) is 0 Å². The quantitative estimate of drug-likeness (QED) is 0.781. The molecule has 1 N–H and O–H groups in total. The van der Waals surface area contributed by atoms with Gasteiger partial charge in [-0.3, -0.25) is 4.99 Å². The van der Waals surface area contributed by atoms with Gasteiger partial charge >= 0.3 is 0 Å². The Morgan fingerprint density at radius 2 is 2.07 bits per heavy atom. The van der Waals surface area contributed by atoms with E-state index in [1.165, 1.54) is 19.3 Å². The summed E-state index contributed by atoms with van der Waals surface area (Å²) in [5.41, 5.74) is 0.275. The molecule has 15 heavy (non-hydrogen) atoms. The highest BCUT2D eigenvalue weighted by molar-refractivity contribution is 8.14. The van der Waals surface area contributed by atoms with E-state index in [0.29, 0.717) is 0 Å². The summed E-state index contributed by atoms with van der Waals surface area (Å²) >= 11 is 1.88. The molecule has 0 aliphatic carbocycles. The molecule has 3 heteroatoms. The van der Waals surface area contributed by atoms with Crippen LogP contribution in [0.1, 0.15) is 47.0 Å². The van der Waals surface area contributed by atoms with Gasteiger partial charge in [0.2, 0.25) is 0 Å². The second kappa shape index (κ2) is 5.78. The highest BCUT2D eigenvalue weighted by Gasteiger charge is 2.30. The van der Waals surface area contributed by atoms with Crippen LogP contribution in [-0.2, 0) is 0 Å². The van der Waals surface area contributed by atoms with E-state index in [1.807, 2.05) is 11.8 Å². The van der Waals surface area contributed by atoms with Crippen LogP contribution in [0.3, 0.4) is 0 Å². The average molecular weight is 228 g/mol. The molecule has 0 spiro atoms. The number of hydrogen-bond acceptors (Lipinski definition) is 2. The second-order valence-electron chi connectivity index (χ2n) is 4.66. The zero-order valence-corrected chi connectivity index (χ0v) is 11.3. The maximum absolute atomic E-state index is 4.68. The summed E-state index contributed by atoms with van der Waals surface area (Å²) in [4.78, 5) is 4.68. The lowest BCUT2D eigenvalue weighted by molar-refractivity contribution is 0.463. The topological polar surface area (TPSA) is 24.4 Å². The Kier molecular flexibility index (Phi) is 4.97. The van der Waals surface area contributed by atoms with Gasteiger partial charge in [0.05, 0.1) is 0 Å². The molecule has 1 saturated heterocycles. The zero-order chi connectivity index (χ0) is 11.3. The fraction of sp³-hybridized carbons (Fsp3) is 0.917. The lowest BCUT2D eigenvalue weighted by Crippen LogP contribution is -2.39. The summed E-state index contributed by atoms with van der Waals surface area (Å²) in [6.07, 6.45) is 3.65. The van der Waals surface area contributed by atoms with Gasteiger partial charge in [0.1, 0.15) is 0 Å². The smallest absolute Gasteiger partial charge is 0.157 e. The van der Waals surface area contributed by atoms with E-state index in [-0.39, 0.29) is 5.54 Å². The first-order valence-electron chi connectivity index (χ1n) is 6.09. The molecular weight excluding hydrogens is 204 g/mol. The molecule has 0 aromatic carbocycles. The number of amidine groups is 1. The molecule has 0 radical (unpaired) electrons.